The number of benzene rings is 1. The van der Waals surface area contributed by atoms with Gasteiger partial charge in [0.15, 0.2) is 0 Å². The van der Waals surface area contributed by atoms with E-state index in [9.17, 15) is 4.39 Å². The SMILES string of the molecule is CCCCC=C(C)C.CN=c1cc(-c2cccc(F)c2)cc(NC)n1C. The molecule has 0 aliphatic heterocycles. The van der Waals surface area contributed by atoms with Crippen molar-refractivity contribution in [3.8, 4) is 11.1 Å². The number of pyridine rings is 1. The number of aromatic nitrogens is 1. The van der Waals surface area contributed by atoms with E-state index in [0.29, 0.717) is 0 Å². The summed E-state index contributed by atoms with van der Waals surface area (Å²) in [5, 5.41) is 3.10. The van der Waals surface area contributed by atoms with Crippen LogP contribution in [0.3, 0.4) is 0 Å². The summed E-state index contributed by atoms with van der Waals surface area (Å²) >= 11 is 0. The molecule has 0 fully saturated rings. The second-order valence-corrected chi connectivity index (χ2v) is 6.45. The summed E-state index contributed by atoms with van der Waals surface area (Å²) in [4.78, 5) is 4.22. The number of hydrogen-bond donors (Lipinski definition) is 1. The van der Waals surface area contributed by atoms with Gasteiger partial charge < -0.3 is 9.88 Å². The quantitative estimate of drug-likeness (QED) is 0.552. The highest BCUT2D eigenvalue weighted by molar-refractivity contribution is 5.66. The molecule has 0 atom stereocenters. The summed E-state index contributed by atoms with van der Waals surface area (Å²) in [5.74, 6) is 0.694. The summed E-state index contributed by atoms with van der Waals surface area (Å²) in [6, 6.07) is 10.5. The molecule has 0 radical (unpaired) electrons. The Morgan fingerprint density at radius 3 is 2.46 bits per heavy atom. The Labute approximate surface area is 157 Å². The van der Waals surface area contributed by atoms with Crippen LogP contribution in [0, 0.1) is 5.82 Å². The highest BCUT2D eigenvalue weighted by Crippen LogP contribution is 2.21. The lowest BCUT2D eigenvalue weighted by Gasteiger charge is -2.12. The van der Waals surface area contributed by atoms with Crippen LogP contribution in [0.1, 0.15) is 40.0 Å². The number of hydrogen-bond acceptors (Lipinski definition) is 2. The topological polar surface area (TPSA) is 29.3 Å². The van der Waals surface area contributed by atoms with Crippen molar-refractivity contribution in [3.63, 3.8) is 0 Å². The van der Waals surface area contributed by atoms with E-state index in [2.05, 4.69) is 37.2 Å². The van der Waals surface area contributed by atoms with Gasteiger partial charge in [0.05, 0.1) is 0 Å². The summed E-state index contributed by atoms with van der Waals surface area (Å²) in [6.07, 6.45) is 6.21. The number of nitrogens with one attached hydrogen (secondary N) is 1. The molecule has 3 nitrogen and oxygen atoms in total. The molecule has 0 amide bonds. The van der Waals surface area contributed by atoms with E-state index < -0.39 is 0 Å². The fourth-order valence-electron chi connectivity index (χ4n) is 2.53. The van der Waals surface area contributed by atoms with Gasteiger partial charge in [-0.3, -0.25) is 4.99 Å². The Morgan fingerprint density at radius 2 is 1.92 bits per heavy atom. The molecule has 0 unspecified atom stereocenters. The van der Waals surface area contributed by atoms with Crippen LogP contribution in [0.5, 0.6) is 0 Å². The molecule has 1 N–H and O–H groups in total. The second kappa shape index (κ2) is 11.3. The summed E-state index contributed by atoms with van der Waals surface area (Å²) < 4.78 is 15.2. The first-order chi connectivity index (χ1) is 12.4. The average Bonchev–Trinajstić information content (AvgIpc) is 2.62. The van der Waals surface area contributed by atoms with Gasteiger partial charge in [-0.15, -0.1) is 0 Å². The van der Waals surface area contributed by atoms with E-state index in [-0.39, 0.29) is 5.82 Å². The average molecular weight is 358 g/mol. The van der Waals surface area contributed by atoms with Crippen molar-refractivity contribution >= 4 is 5.82 Å². The van der Waals surface area contributed by atoms with Crippen LogP contribution in [0.15, 0.2) is 53.0 Å². The second-order valence-electron chi connectivity index (χ2n) is 6.45. The summed E-state index contributed by atoms with van der Waals surface area (Å²) in [6.45, 7) is 6.52. The van der Waals surface area contributed by atoms with Gasteiger partial charge in [0.25, 0.3) is 0 Å². The number of rotatable bonds is 5. The van der Waals surface area contributed by atoms with E-state index >= 15 is 0 Å². The molecule has 1 heterocycles. The highest BCUT2D eigenvalue weighted by atomic mass is 19.1. The number of allylic oxidation sites excluding steroid dienone is 2. The zero-order chi connectivity index (χ0) is 19.5. The monoisotopic (exact) mass is 357 g/mol. The third kappa shape index (κ3) is 6.87. The van der Waals surface area contributed by atoms with Crippen molar-refractivity contribution in [2.45, 2.75) is 40.0 Å². The number of unbranched alkanes of at least 4 members (excludes halogenated alkanes) is 2. The zero-order valence-electron chi connectivity index (χ0n) is 16.9. The molecule has 0 spiro atoms. The molecule has 0 aliphatic carbocycles. The standard InChI is InChI=1S/C14H16FN3.C8H16/c1-16-13-8-11(9-14(17-2)18(13)3)10-5-4-6-12(15)7-10;1-4-5-6-7-8(2)3/h4-9,16H,1-3H3;7H,4-6H2,1-3H3. The Kier molecular flexibility index (Phi) is 9.42. The van der Waals surface area contributed by atoms with Crippen LogP contribution in [0.4, 0.5) is 10.2 Å². The molecule has 2 rings (SSSR count). The molecule has 2 aromatic rings. The maximum atomic E-state index is 13.3. The van der Waals surface area contributed by atoms with Gasteiger partial charge in [-0.2, -0.15) is 0 Å². The van der Waals surface area contributed by atoms with Gasteiger partial charge >= 0.3 is 0 Å². The normalized spacial score (nSPS) is 10.8. The Bertz CT molecular complexity index is 784. The maximum absolute atomic E-state index is 13.3. The van der Waals surface area contributed by atoms with Crippen molar-refractivity contribution in [1.82, 2.24) is 4.57 Å². The number of nitrogens with zero attached hydrogens (tertiary/aromatic N) is 2. The highest BCUT2D eigenvalue weighted by Gasteiger charge is 2.04. The summed E-state index contributed by atoms with van der Waals surface area (Å²) in [7, 11) is 5.53. The number of anilines is 1. The maximum Gasteiger partial charge on any atom is 0.129 e. The van der Waals surface area contributed by atoms with E-state index in [1.54, 1.807) is 13.1 Å². The number of halogens is 1. The lowest BCUT2D eigenvalue weighted by Crippen LogP contribution is -2.20. The first-order valence-corrected chi connectivity index (χ1v) is 9.13. The van der Waals surface area contributed by atoms with Crippen LogP contribution >= 0.6 is 0 Å². The van der Waals surface area contributed by atoms with Gasteiger partial charge in [0.2, 0.25) is 0 Å². The molecule has 0 aliphatic rings. The minimum absolute atomic E-state index is 0.235. The molecule has 0 saturated heterocycles. The zero-order valence-corrected chi connectivity index (χ0v) is 16.9. The minimum atomic E-state index is -0.235. The first-order valence-electron chi connectivity index (χ1n) is 9.13. The van der Waals surface area contributed by atoms with Crippen molar-refractivity contribution < 1.29 is 4.39 Å². The predicted octanol–water partition coefficient (Wildman–Crippen LogP) is 5.55. The molecule has 1 aromatic heterocycles. The first kappa shape index (κ1) is 21.7. The largest absolute Gasteiger partial charge is 0.374 e. The van der Waals surface area contributed by atoms with Crippen molar-refractivity contribution in [3.05, 3.63) is 59.4 Å². The molecular weight excluding hydrogens is 325 g/mol. The van der Waals surface area contributed by atoms with Crippen molar-refractivity contribution in [2.75, 3.05) is 19.4 Å². The van der Waals surface area contributed by atoms with Crippen LogP contribution in [0.2, 0.25) is 0 Å². The Balaban J connectivity index is 0.000000359. The fraction of sp³-hybridized carbons (Fsp3) is 0.409. The molecule has 1 aromatic carbocycles. The predicted molar refractivity (Wildman–Crippen MR) is 111 cm³/mol. The van der Waals surface area contributed by atoms with Crippen LogP contribution in [-0.4, -0.2) is 18.7 Å². The van der Waals surface area contributed by atoms with Crippen LogP contribution in [0.25, 0.3) is 11.1 Å². The Morgan fingerprint density at radius 1 is 1.19 bits per heavy atom. The van der Waals surface area contributed by atoms with Crippen LogP contribution in [-0.2, 0) is 7.05 Å². The minimum Gasteiger partial charge on any atom is -0.374 e. The molecule has 0 saturated carbocycles. The van der Waals surface area contributed by atoms with Crippen molar-refractivity contribution in [2.24, 2.45) is 12.0 Å². The molecule has 0 bridgehead atoms. The van der Waals surface area contributed by atoms with Gasteiger partial charge in [0, 0.05) is 21.1 Å². The molecular formula is C22H32FN3. The lowest BCUT2D eigenvalue weighted by atomic mass is 10.1. The Hall–Kier alpha value is -2.36. The van der Waals surface area contributed by atoms with E-state index in [0.717, 1.165) is 22.4 Å². The van der Waals surface area contributed by atoms with E-state index in [1.807, 2.05) is 36.9 Å². The molecule has 4 heteroatoms. The van der Waals surface area contributed by atoms with Gasteiger partial charge in [-0.25, -0.2) is 4.39 Å². The van der Waals surface area contributed by atoms with Gasteiger partial charge in [-0.05, 0) is 55.7 Å². The lowest BCUT2D eigenvalue weighted by molar-refractivity contribution is 0.628. The smallest absolute Gasteiger partial charge is 0.129 e. The van der Waals surface area contributed by atoms with E-state index in [1.165, 1.54) is 37.0 Å². The summed E-state index contributed by atoms with van der Waals surface area (Å²) in [5.41, 5.74) is 4.06. The molecule has 26 heavy (non-hydrogen) atoms. The van der Waals surface area contributed by atoms with E-state index in [4.69, 9.17) is 0 Å². The third-order valence-electron chi connectivity index (χ3n) is 4.04. The van der Waals surface area contributed by atoms with Crippen LogP contribution < -0.4 is 10.8 Å². The fourth-order valence-corrected chi connectivity index (χ4v) is 2.53. The molecule has 142 valence electrons. The van der Waals surface area contributed by atoms with Gasteiger partial charge in [-0.1, -0.05) is 43.5 Å². The third-order valence-corrected chi connectivity index (χ3v) is 4.04. The van der Waals surface area contributed by atoms with Gasteiger partial charge in [0.1, 0.15) is 17.1 Å². The van der Waals surface area contributed by atoms with Crippen molar-refractivity contribution in [1.29, 1.82) is 0 Å².